The predicted molar refractivity (Wildman–Crippen MR) is 125 cm³/mol. The maximum absolute atomic E-state index is 9.89. The molecule has 2 aliphatic heterocycles. The van der Waals surface area contributed by atoms with E-state index in [2.05, 4.69) is 25.1 Å². The van der Waals surface area contributed by atoms with Crippen LogP contribution in [0, 0.1) is 18.3 Å². The van der Waals surface area contributed by atoms with Crippen molar-refractivity contribution in [3.8, 4) is 34.8 Å². The Balaban J connectivity index is 1.52. The van der Waals surface area contributed by atoms with Gasteiger partial charge >= 0.3 is 0 Å². The first-order valence-corrected chi connectivity index (χ1v) is 11.0. The molecule has 0 unspecified atom stereocenters. The van der Waals surface area contributed by atoms with E-state index in [9.17, 15) is 5.26 Å². The van der Waals surface area contributed by atoms with Crippen molar-refractivity contribution in [3.05, 3.63) is 88.3 Å². The highest BCUT2D eigenvalue weighted by Gasteiger charge is 2.33. The largest absolute Gasteiger partial charge is 0.490 e. The van der Waals surface area contributed by atoms with Gasteiger partial charge < -0.3 is 29.4 Å². The molecular weight excluding hydrogens is 432 g/mol. The standard InChI is InChI=1S/C27H24N2O5/c1-3-30-23-10-18(8-9-21(23)31-14-17-6-4-16(2)5-7-17)26-19-11-24-25(33-15-32-24)12-22(19)34-27(29)20(26)13-28/h4-12,26H,3,14-15,29H2,1-2H3/t26-/m0/s1. The molecule has 0 saturated heterocycles. The van der Waals surface area contributed by atoms with Gasteiger partial charge in [-0.1, -0.05) is 35.9 Å². The lowest BCUT2D eigenvalue weighted by Gasteiger charge is -2.27. The fraction of sp³-hybridized carbons (Fsp3) is 0.222. The minimum atomic E-state index is -0.450. The third kappa shape index (κ3) is 3.95. The lowest BCUT2D eigenvalue weighted by atomic mass is 9.83. The van der Waals surface area contributed by atoms with Gasteiger partial charge in [0.05, 0.1) is 12.5 Å². The van der Waals surface area contributed by atoms with Gasteiger partial charge in [-0.2, -0.15) is 5.26 Å². The zero-order valence-electron chi connectivity index (χ0n) is 19.0. The molecule has 7 heteroatoms. The molecule has 2 N–H and O–H groups in total. The van der Waals surface area contributed by atoms with Crippen LogP contribution in [0.15, 0.2) is 66.1 Å². The molecule has 0 bridgehead atoms. The van der Waals surface area contributed by atoms with E-state index >= 15 is 0 Å². The average Bonchev–Trinajstić information content (AvgIpc) is 3.29. The second-order valence-corrected chi connectivity index (χ2v) is 8.08. The number of nitriles is 1. The summed E-state index contributed by atoms with van der Waals surface area (Å²) in [7, 11) is 0. The summed E-state index contributed by atoms with van der Waals surface area (Å²) in [5, 5.41) is 9.89. The van der Waals surface area contributed by atoms with Gasteiger partial charge in [0.25, 0.3) is 0 Å². The average molecular weight is 456 g/mol. The van der Waals surface area contributed by atoms with Gasteiger partial charge in [0.2, 0.25) is 12.7 Å². The van der Waals surface area contributed by atoms with E-state index in [0.717, 1.165) is 16.7 Å². The molecule has 5 rings (SSSR count). The number of allylic oxidation sites excluding steroid dienone is 1. The zero-order valence-corrected chi connectivity index (χ0v) is 19.0. The van der Waals surface area contributed by atoms with E-state index in [1.807, 2.05) is 43.3 Å². The van der Waals surface area contributed by atoms with Crippen LogP contribution in [0.25, 0.3) is 0 Å². The van der Waals surface area contributed by atoms with Crippen LogP contribution in [0.1, 0.15) is 35.1 Å². The molecule has 0 aliphatic carbocycles. The Hall–Kier alpha value is -4.31. The molecular formula is C27H24N2O5. The minimum absolute atomic E-state index is 0.0662. The summed E-state index contributed by atoms with van der Waals surface area (Å²) in [5.74, 6) is 2.55. The van der Waals surface area contributed by atoms with E-state index in [-0.39, 0.29) is 12.7 Å². The highest BCUT2D eigenvalue weighted by atomic mass is 16.7. The van der Waals surface area contributed by atoms with E-state index in [1.54, 1.807) is 6.07 Å². The summed E-state index contributed by atoms with van der Waals surface area (Å²) < 4.78 is 28.8. The lowest BCUT2D eigenvalue weighted by Crippen LogP contribution is -2.21. The molecule has 0 spiro atoms. The topological polar surface area (TPSA) is 96.0 Å². The summed E-state index contributed by atoms with van der Waals surface area (Å²) in [5.41, 5.74) is 10.3. The van der Waals surface area contributed by atoms with Crippen LogP contribution in [0.4, 0.5) is 0 Å². The lowest BCUT2D eigenvalue weighted by molar-refractivity contribution is 0.174. The van der Waals surface area contributed by atoms with Gasteiger partial charge in [-0.25, -0.2) is 0 Å². The van der Waals surface area contributed by atoms with Crippen LogP contribution < -0.4 is 29.4 Å². The van der Waals surface area contributed by atoms with Crippen molar-refractivity contribution in [2.24, 2.45) is 5.73 Å². The Kier molecular flexibility index (Phi) is 5.64. The van der Waals surface area contributed by atoms with Crippen LogP contribution in [0.2, 0.25) is 0 Å². The first-order chi connectivity index (χ1) is 16.6. The molecule has 1 atom stereocenters. The molecule has 3 aromatic rings. The van der Waals surface area contributed by atoms with Gasteiger partial charge in [0, 0.05) is 11.6 Å². The van der Waals surface area contributed by atoms with E-state index < -0.39 is 5.92 Å². The van der Waals surface area contributed by atoms with Gasteiger partial charge in [-0.3, -0.25) is 0 Å². The normalized spacial score (nSPS) is 15.9. The number of nitrogens with two attached hydrogens (primary N) is 1. The first kappa shape index (κ1) is 21.5. The van der Waals surface area contributed by atoms with Crippen molar-refractivity contribution < 1.29 is 23.7 Å². The number of aryl methyl sites for hydroxylation is 1. The van der Waals surface area contributed by atoms with Crippen molar-refractivity contribution in [2.75, 3.05) is 13.4 Å². The molecule has 0 aromatic heterocycles. The quantitative estimate of drug-likeness (QED) is 0.562. The molecule has 172 valence electrons. The van der Waals surface area contributed by atoms with Gasteiger partial charge in [0.1, 0.15) is 24.0 Å². The molecule has 0 saturated carbocycles. The number of rotatable bonds is 6. The van der Waals surface area contributed by atoms with Crippen molar-refractivity contribution >= 4 is 0 Å². The fourth-order valence-corrected chi connectivity index (χ4v) is 4.13. The monoisotopic (exact) mass is 456 g/mol. The van der Waals surface area contributed by atoms with Crippen LogP contribution >= 0.6 is 0 Å². The fourth-order valence-electron chi connectivity index (χ4n) is 4.13. The molecule has 0 amide bonds. The van der Waals surface area contributed by atoms with E-state index in [1.165, 1.54) is 5.56 Å². The Bertz CT molecular complexity index is 1310. The highest BCUT2D eigenvalue weighted by Crippen LogP contribution is 2.48. The van der Waals surface area contributed by atoms with E-state index in [4.69, 9.17) is 29.4 Å². The molecule has 3 aromatic carbocycles. The Morgan fingerprint density at radius 2 is 1.74 bits per heavy atom. The van der Waals surface area contributed by atoms with Crippen LogP contribution in [-0.2, 0) is 6.61 Å². The third-order valence-electron chi connectivity index (χ3n) is 5.83. The molecule has 0 radical (unpaired) electrons. The maximum Gasteiger partial charge on any atom is 0.231 e. The Labute approximate surface area is 197 Å². The van der Waals surface area contributed by atoms with Crippen LogP contribution in [-0.4, -0.2) is 13.4 Å². The highest BCUT2D eigenvalue weighted by molar-refractivity contribution is 5.62. The summed E-state index contributed by atoms with van der Waals surface area (Å²) >= 11 is 0. The van der Waals surface area contributed by atoms with Gasteiger partial charge in [-0.05, 0) is 43.2 Å². The first-order valence-electron chi connectivity index (χ1n) is 11.0. The Morgan fingerprint density at radius 1 is 0.971 bits per heavy atom. The second-order valence-electron chi connectivity index (χ2n) is 8.08. The number of benzene rings is 3. The summed E-state index contributed by atoms with van der Waals surface area (Å²) in [6.07, 6.45) is 0. The summed E-state index contributed by atoms with van der Waals surface area (Å²) in [6, 6.07) is 19.7. The molecule has 7 nitrogen and oxygen atoms in total. The third-order valence-corrected chi connectivity index (χ3v) is 5.83. The van der Waals surface area contributed by atoms with Crippen LogP contribution in [0.3, 0.4) is 0 Å². The van der Waals surface area contributed by atoms with Crippen molar-refractivity contribution in [1.29, 1.82) is 5.26 Å². The molecule has 0 fully saturated rings. The van der Waals surface area contributed by atoms with Gasteiger partial charge in [0.15, 0.2) is 23.0 Å². The number of ether oxygens (including phenoxy) is 5. The van der Waals surface area contributed by atoms with Crippen molar-refractivity contribution in [1.82, 2.24) is 0 Å². The predicted octanol–water partition coefficient (Wildman–Crippen LogP) is 4.92. The number of nitrogens with zero attached hydrogens (tertiary/aromatic N) is 1. The number of hydrogen-bond donors (Lipinski definition) is 1. The summed E-state index contributed by atoms with van der Waals surface area (Å²) in [4.78, 5) is 0. The SMILES string of the molecule is CCOc1cc([C@@H]2C(C#N)=C(N)Oc3cc4c(cc32)OCO4)ccc1OCc1ccc(C)cc1. The van der Waals surface area contributed by atoms with Crippen LogP contribution in [0.5, 0.6) is 28.7 Å². The van der Waals surface area contributed by atoms with E-state index in [0.29, 0.717) is 47.5 Å². The minimum Gasteiger partial charge on any atom is -0.490 e. The number of fused-ring (bicyclic) bond motifs is 2. The van der Waals surface area contributed by atoms with Crippen molar-refractivity contribution in [3.63, 3.8) is 0 Å². The zero-order chi connectivity index (χ0) is 23.7. The summed E-state index contributed by atoms with van der Waals surface area (Å²) in [6.45, 7) is 4.99. The van der Waals surface area contributed by atoms with Gasteiger partial charge in [-0.15, -0.1) is 0 Å². The Morgan fingerprint density at radius 3 is 2.47 bits per heavy atom. The smallest absolute Gasteiger partial charge is 0.231 e. The molecule has 2 aliphatic rings. The molecule has 34 heavy (non-hydrogen) atoms. The maximum atomic E-state index is 9.89. The number of hydrogen-bond acceptors (Lipinski definition) is 7. The second kappa shape index (κ2) is 8.91. The molecule has 2 heterocycles. The van der Waals surface area contributed by atoms with Crippen molar-refractivity contribution in [2.45, 2.75) is 26.4 Å².